The second-order valence-electron chi connectivity index (χ2n) is 3.87. The topological polar surface area (TPSA) is 64.8 Å². The van der Waals surface area contributed by atoms with Crippen LogP contribution in [0.15, 0.2) is 28.0 Å². The molecule has 0 aromatic carbocycles. The molecule has 0 saturated heterocycles. The van der Waals surface area contributed by atoms with Crippen LogP contribution in [0.25, 0.3) is 11.4 Å². The van der Waals surface area contributed by atoms with Crippen molar-refractivity contribution in [3.8, 4) is 11.4 Å². The molecule has 8 heteroatoms. The van der Waals surface area contributed by atoms with E-state index in [-0.39, 0.29) is 15.8 Å². The summed E-state index contributed by atoms with van der Waals surface area (Å²) in [7, 11) is -1.61. The third kappa shape index (κ3) is 2.68. The Hall–Kier alpha value is -0.920. The summed E-state index contributed by atoms with van der Waals surface area (Å²) in [4.78, 5) is 8.19. The molecular formula is C11H11BrClN3O2S. The second-order valence-corrected chi connectivity index (χ2v) is 7.32. The van der Waals surface area contributed by atoms with E-state index < -0.39 is 9.84 Å². The van der Waals surface area contributed by atoms with Crippen LogP contribution < -0.4 is 0 Å². The van der Waals surface area contributed by atoms with Crippen molar-refractivity contribution < 1.29 is 8.42 Å². The van der Waals surface area contributed by atoms with Crippen LogP contribution in [-0.2, 0) is 16.9 Å². The minimum atomic E-state index is -3.39. The number of hydrogen-bond acceptors (Lipinski definition) is 4. The summed E-state index contributed by atoms with van der Waals surface area (Å²) in [6.07, 6.45) is 2.88. The van der Waals surface area contributed by atoms with Crippen LogP contribution in [-0.4, -0.2) is 28.7 Å². The van der Waals surface area contributed by atoms with E-state index in [1.54, 1.807) is 24.7 Å². The molecule has 2 aromatic heterocycles. The van der Waals surface area contributed by atoms with Gasteiger partial charge in [-0.3, -0.25) is 0 Å². The van der Waals surface area contributed by atoms with Crippen molar-refractivity contribution >= 4 is 37.4 Å². The van der Waals surface area contributed by atoms with Gasteiger partial charge < -0.3 is 4.57 Å². The maximum Gasteiger partial charge on any atom is 0.180 e. The summed E-state index contributed by atoms with van der Waals surface area (Å²) in [5.74, 6) is 0.512. The third-order valence-corrected chi connectivity index (χ3v) is 5.42. The highest BCUT2D eigenvalue weighted by molar-refractivity contribution is 9.10. The number of pyridine rings is 1. The zero-order valence-corrected chi connectivity index (χ0v) is 13.4. The van der Waals surface area contributed by atoms with Gasteiger partial charge in [0.1, 0.15) is 15.6 Å². The molecule has 0 radical (unpaired) electrons. The molecule has 0 aliphatic heterocycles. The average molecular weight is 365 g/mol. The molecule has 0 saturated carbocycles. The number of hydrogen-bond donors (Lipinski definition) is 0. The molecule has 0 N–H and O–H groups in total. The van der Waals surface area contributed by atoms with Gasteiger partial charge in [0.25, 0.3) is 0 Å². The number of imidazole rings is 1. The predicted octanol–water partition coefficient (Wildman–Crippen LogP) is 2.69. The highest BCUT2D eigenvalue weighted by Crippen LogP contribution is 2.29. The standard InChI is InChI=1S/C11H11BrClN3O2S/c1-3-19(17,18)8-5-14-10(13)4-7(8)11-15-6-9(12)16(11)2/h4-6H,3H2,1-2H3. The zero-order chi connectivity index (χ0) is 14.2. The van der Waals surface area contributed by atoms with Crippen molar-refractivity contribution in [2.45, 2.75) is 11.8 Å². The molecule has 2 rings (SSSR count). The van der Waals surface area contributed by atoms with Crippen molar-refractivity contribution in [3.63, 3.8) is 0 Å². The highest BCUT2D eigenvalue weighted by atomic mass is 79.9. The first-order valence-electron chi connectivity index (χ1n) is 5.42. The summed E-state index contributed by atoms with van der Waals surface area (Å²) in [5.41, 5.74) is 0.454. The molecule has 0 atom stereocenters. The molecule has 0 bridgehead atoms. The summed E-state index contributed by atoms with van der Waals surface area (Å²) in [6.45, 7) is 1.59. The van der Waals surface area contributed by atoms with E-state index in [1.807, 2.05) is 0 Å². The van der Waals surface area contributed by atoms with Gasteiger partial charge in [-0.1, -0.05) is 18.5 Å². The first-order chi connectivity index (χ1) is 8.86. The Morgan fingerprint density at radius 3 is 2.58 bits per heavy atom. The van der Waals surface area contributed by atoms with Crippen LogP contribution in [0.1, 0.15) is 6.92 Å². The Labute approximate surface area is 124 Å². The lowest BCUT2D eigenvalue weighted by Gasteiger charge is -2.09. The predicted molar refractivity (Wildman–Crippen MR) is 76.9 cm³/mol. The lowest BCUT2D eigenvalue weighted by atomic mass is 10.2. The van der Waals surface area contributed by atoms with Gasteiger partial charge >= 0.3 is 0 Å². The van der Waals surface area contributed by atoms with Gasteiger partial charge in [-0.2, -0.15) is 0 Å². The molecule has 0 unspecified atom stereocenters. The Bertz CT molecular complexity index is 728. The molecular weight excluding hydrogens is 354 g/mol. The van der Waals surface area contributed by atoms with Gasteiger partial charge in [0.05, 0.1) is 16.8 Å². The normalized spacial score (nSPS) is 11.8. The summed E-state index contributed by atoms with van der Waals surface area (Å²) in [6, 6.07) is 1.51. The van der Waals surface area contributed by atoms with E-state index in [1.165, 1.54) is 12.3 Å². The molecule has 5 nitrogen and oxygen atoms in total. The van der Waals surface area contributed by atoms with Crippen LogP contribution in [0.3, 0.4) is 0 Å². The molecule has 102 valence electrons. The van der Waals surface area contributed by atoms with Gasteiger partial charge in [-0.15, -0.1) is 0 Å². The fourth-order valence-electron chi connectivity index (χ4n) is 1.63. The van der Waals surface area contributed by atoms with Gasteiger partial charge in [0.2, 0.25) is 0 Å². The summed E-state index contributed by atoms with van der Waals surface area (Å²) >= 11 is 9.19. The molecule has 2 aromatic rings. The van der Waals surface area contributed by atoms with E-state index in [4.69, 9.17) is 11.6 Å². The van der Waals surface area contributed by atoms with Crippen molar-refractivity contribution in [1.82, 2.24) is 14.5 Å². The minimum Gasteiger partial charge on any atom is -0.322 e. The lowest BCUT2D eigenvalue weighted by molar-refractivity contribution is 0.597. The Morgan fingerprint density at radius 1 is 1.37 bits per heavy atom. The smallest absolute Gasteiger partial charge is 0.180 e. The van der Waals surface area contributed by atoms with Gasteiger partial charge in [0, 0.05) is 18.8 Å². The Balaban J connectivity index is 2.76. The van der Waals surface area contributed by atoms with Crippen molar-refractivity contribution in [2.24, 2.45) is 7.05 Å². The lowest BCUT2D eigenvalue weighted by Crippen LogP contribution is -2.08. The number of nitrogens with zero attached hydrogens (tertiary/aromatic N) is 3. The maximum atomic E-state index is 12.1. The molecule has 0 spiro atoms. The summed E-state index contributed by atoms with van der Waals surface area (Å²) < 4.78 is 26.7. The van der Waals surface area contributed by atoms with Crippen molar-refractivity contribution in [2.75, 3.05) is 5.75 Å². The van der Waals surface area contributed by atoms with Crippen LogP contribution in [0.5, 0.6) is 0 Å². The Morgan fingerprint density at radius 2 is 2.05 bits per heavy atom. The Kier molecular flexibility index (Phi) is 3.98. The molecule has 0 fully saturated rings. The molecule has 2 heterocycles. The van der Waals surface area contributed by atoms with Crippen LogP contribution in [0, 0.1) is 0 Å². The van der Waals surface area contributed by atoms with Crippen LogP contribution in [0.2, 0.25) is 5.15 Å². The van der Waals surface area contributed by atoms with E-state index in [9.17, 15) is 8.42 Å². The fourth-order valence-corrected chi connectivity index (χ4v) is 3.07. The fraction of sp³-hybridized carbons (Fsp3) is 0.273. The highest BCUT2D eigenvalue weighted by Gasteiger charge is 2.21. The molecule has 19 heavy (non-hydrogen) atoms. The second kappa shape index (κ2) is 5.22. The van der Waals surface area contributed by atoms with Crippen molar-refractivity contribution in [3.05, 3.63) is 28.2 Å². The quantitative estimate of drug-likeness (QED) is 0.786. The van der Waals surface area contributed by atoms with Crippen LogP contribution in [0.4, 0.5) is 0 Å². The first kappa shape index (κ1) is 14.5. The molecule has 0 amide bonds. The van der Waals surface area contributed by atoms with E-state index in [0.29, 0.717) is 11.4 Å². The minimum absolute atomic E-state index is 0.00505. The van der Waals surface area contributed by atoms with Crippen molar-refractivity contribution in [1.29, 1.82) is 0 Å². The maximum absolute atomic E-state index is 12.1. The van der Waals surface area contributed by atoms with Gasteiger partial charge in [-0.05, 0) is 22.0 Å². The number of sulfone groups is 1. The average Bonchev–Trinajstić information content (AvgIpc) is 2.69. The van der Waals surface area contributed by atoms with E-state index >= 15 is 0 Å². The number of halogens is 2. The van der Waals surface area contributed by atoms with Gasteiger partial charge in [-0.25, -0.2) is 18.4 Å². The van der Waals surface area contributed by atoms with E-state index in [2.05, 4.69) is 25.9 Å². The largest absolute Gasteiger partial charge is 0.322 e. The van der Waals surface area contributed by atoms with Gasteiger partial charge in [0.15, 0.2) is 9.84 Å². The number of aromatic nitrogens is 3. The summed E-state index contributed by atoms with van der Waals surface area (Å²) in [5, 5.41) is 0.226. The SMILES string of the molecule is CCS(=O)(=O)c1cnc(Cl)cc1-c1ncc(Br)n1C. The van der Waals surface area contributed by atoms with Crippen LogP contribution >= 0.6 is 27.5 Å². The number of rotatable bonds is 3. The zero-order valence-electron chi connectivity index (χ0n) is 10.3. The molecule has 0 aliphatic rings. The third-order valence-electron chi connectivity index (χ3n) is 2.72. The monoisotopic (exact) mass is 363 g/mol. The molecule has 0 aliphatic carbocycles. The van der Waals surface area contributed by atoms with E-state index in [0.717, 1.165) is 4.60 Å². The first-order valence-corrected chi connectivity index (χ1v) is 8.25.